The molecule has 0 radical (unpaired) electrons. The van der Waals surface area contributed by atoms with Gasteiger partial charge in [-0.15, -0.1) is 0 Å². The lowest BCUT2D eigenvalue weighted by molar-refractivity contribution is -0.150. The van der Waals surface area contributed by atoms with Crippen LogP contribution in [0.2, 0.25) is 0 Å². The van der Waals surface area contributed by atoms with E-state index in [2.05, 4.69) is 6.07 Å². The maximum Gasteiger partial charge on any atom is 0.331 e. The molecule has 0 atom stereocenters. The first-order chi connectivity index (χ1) is 13.0. The zero-order valence-electron chi connectivity index (χ0n) is 15.3. The van der Waals surface area contributed by atoms with Gasteiger partial charge in [-0.05, 0) is 36.6 Å². The number of nitriles is 1. The topological polar surface area (TPSA) is 88.9 Å². The lowest BCUT2D eigenvalue weighted by atomic mass is 9.81. The van der Waals surface area contributed by atoms with Crippen molar-refractivity contribution in [1.82, 2.24) is 4.90 Å². The Kier molecular flexibility index (Phi) is 5.65. The van der Waals surface area contributed by atoms with Gasteiger partial charge in [-0.1, -0.05) is 25.3 Å². The number of fused-ring (bicyclic) bond motifs is 1. The molecule has 0 N–H and O–H groups in total. The molecular weight excluding hydrogens is 348 g/mol. The maximum atomic E-state index is 12.4. The number of likely N-dealkylation sites (N-methyl/N-ethyl adjacent to an activating group) is 1. The van der Waals surface area contributed by atoms with Crippen LogP contribution in [0, 0.1) is 11.3 Å². The van der Waals surface area contributed by atoms with E-state index in [1.54, 1.807) is 31.3 Å². The highest BCUT2D eigenvalue weighted by atomic mass is 16.7. The van der Waals surface area contributed by atoms with E-state index in [9.17, 15) is 14.9 Å². The Morgan fingerprint density at radius 3 is 2.74 bits per heavy atom. The summed E-state index contributed by atoms with van der Waals surface area (Å²) >= 11 is 0. The molecule has 1 saturated carbocycles. The van der Waals surface area contributed by atoms with Gasteiger partial charge in [0.25, 0.3) is 5.91 Å². The first-order valence-corrected chi connectivity index (χ1v) is 8.96. The first-order valence-electron chi connectivity index (χ1n) is 8.96. The molecule has 1 fully saturated rings. The molecule has 7 heteroatoms. The molecule has 0 bridgehead atoms. The fourth-order valence-electron chi connectivity index (χ4n) is 3.36. The number of carbonyl (C=O) groups is 2. The van der Waals surface area contributed by atoms with Crippen molar-refractivity contribution in [2.45, 2.75) is 37.6 Å². The summed E-state index contributed by atoms with van der Waals surface area (Å²) in [6.07, 6.45) is 7.06. The molecule has 1 aliphatic heterocycles. The zero-order chi connectivity index (χ0) is 19.3. The van der Waals surface area contributed by atoms with Gasteiger partial charge < -0.3 is 19.1 Å². The summed E-state index contributed by atoms with van der Waals surface area (Å²) in [6.45, 7) is -0.200. The van der Waals surface area contributed by atoms with Gasteiger partial charge in [0.05, 0.1) is 6.07 Å². The number of ether oxygens (including phenoxy) is 3. The fraction of sp³-hybridized carbons (Fsp3) is 0.450. The Labute approximate surface area is 158 Å². The third kappa shape index (κ3) is 4.22. The number of rotatable bonds is 5. The SMILES string of the molecule is CN(C(=O)COC(=O)/C=C/c1ccc2c(c1)OCO2)C1(C#N)CCCCC1. The van der Waals surface area contributed by atoms with E-state index >= 15 is 0 Å². The van der Waals surface area contributed by atoms with Crippen LogP contribution in [0.3, 0.4) is 0 Å². The van der Waals surface area contributed by atoms with Gasteiger partial charge in [-0.2, -0.15) is 5.26 Å². The van der Waals surface area contributed by atoms with Crippen LogP contribution in [0.15, 0.2) is 24.3 Å². The standard InChI is InChI=1S/C20H22N2O5/c1-22(20(13-21)9-3-2-4-10-20)18(23)12-25-19(24)8-6-15-5-7-16-17(11-15)27-14-26-16/h5-8,11H,2-4,9-10,12,14H2,1H3/b8-6+. The predicted molar refractivity (Wildman–Crippen MR) is 96.8 cm³/mol. The van der Waals surface area contributed by atoms with Gasteiger partial charge in [0.1, 0.15) is 5.54 Å². The Hall–Kier alpha value is -3.01. The highest BCUT2D eigenvalue weighted by Crippen LogP contribution is 2.33. The molecule has 2 aliphatic rings. The average Bonchev–Trinajstić information content (AvgIpc) is 3.18. The van der Waals surface area contributed by atoms with Crippen LogP contribution < -0.4 is 9.47 Å². The van der Waals surface area contributed by atoms with E-state index in [1.165, 1.54) is 11.0 Å². The minimum Gasteiger partial charge on any atom is -0.454 e. The first kappa shape index (κ1) is 18.8. The largest absolute Gasteiger partial charge is 0.454 e. The molecule has 7 nitrogen and oxygen atoms in total. The zero-order valence-corrected chi connectivity index (χ0v) is 15.3. The number of esters is 1. The minimum absolute atomic E-state index is 0.185. The number of carbonyl (C=O) groups excluding carboxylic acids is 2. The average molecular weight is 370 g/mol. The molecule has 0 aromatic heterocycles. The molecule has 3 rings (SSSR count). The molecule has 1 aromatic rings. The second kappa shape index (κ2) is 8.12. The van der Waals surface area contributed by atoms with Crippen LogP contribution in [-0.2, 0) is 14.3 Å². The van der Waals surface area contributed by atoms with Gasteiger partial charge in [-0.25, -0.2) is 4.79 Å². The summed E-state index contributed by atoms with van der Waals surface area (Å²) in [5, 5.41) is 9.53. The summed E-state index contributed by atoms with van der Waals surface area (Å²) in [5.41, 5.74) is -0.0327. The van der Waals surface area contributed by atoms with Crippen molar-refractivity contribution in [1.29, 1.82) is 5.26 Å². The molecule has 0 saturated heterocycles. The molecule has 1 aromatic carbocycles. The molecular formula is C20H22N2O5. The number of hydrogen-bond acceptors (Lipinski definition) is 6. The van der Waals surface area contributed by atoms with Gasteiger partial charge in [0.15, 0.2) is 18.1 Å². The Bertz CT molecular complexity index is 790. The number of amides is 1. The third-order valence-corrected chi connectivity index (χ3v) is 5.05. The van der Waals surface area contributed by atoms with Crippen LogP contribution >= 0.6 is 0 Å². The molecule has 1 heterocycles. The van der Waals surface area contributed by atoms with Crippen molar-refractivity contribution in [3.8, 4) is 17.6 Å². The van der Waals surface area contributed by atoms with Crippen molar-refractivity contribution in [2.75, 3.05) is 20.4 Å². The van der Waals surface area contributed by atoms with E-state index in [1.807, 2.05) is 0 Å². The van der Waals surface area contributed by atoms with Crippen LogP contribution in [0.4, 0.5) is 0 Å². The molecule has 1 amide bonds. The molecule has 1 aliphatic carbocycles. The lowest BCUT2D eigenvalue weighted by Crippen LogP contribution is -2.51. The quantitative estimate of drug-likeness (QED) is 0.585. The van der Waals surface area contributed by atoms with Gasteiger partial charge in [-0.3, -0.25) is 4.79 Å². The van der Waals surface area contributed by atoms with Crippen molar-refractivity contribution >= 4 is 18.0 Å². The molecule has 0 unspecified atom stereocenters. The second-order valence-corrected chi connectivity index (χ2v) is 6.71. The summed E-state index contributed by atoms with van der Waals surface area (Å²) in [6, 6.07) is 7.59. The summed E-state index contributed by atoms with van der Waals surface area (Å²) in [5.74, 6) is 0.293. The van der Waals surface area contributed by atoms with Crippen molar-refractivity contribution in [2.24, 2.45) is 0 Å². The van der Waals surface area contributed by atoms with E-state index in [0.29, 0.717) is 24.3 Å². The predicted octanol–water partition coefficient (Wildman–Crippen LogP) is 2.66. The Morgan fingerprint density at radius 2 is 2.00 bits per heavy atom. The summed E-state index contributed by atoms with van der Waals surface area (Å²) in [4.78, 5) is 25.7. The van der Waals surface area contributed by atoms with E-state index in [0.717, 1.165) is 24.8 Å². The molecule has 0 spiro atoms. The second-order valence-electron chi connectivity index (χ2n) is 6.71. The Balaban J connectivity index is 1.52. The van der Waals surface area contributed by atoms with E-state index in [4.69, 9.17) is 14.2 Å². The van der Waals surface area contributed by atoms with E-state index < -0.39 is 11.5 Å². The van der Waals surface area contributed by atoms with Crippen LogP contribution in [-0.4, -0.2) is 42.8 Å². The van der Waals surface area contributed by atoms with Gasteiger partial charge >= 0.3 is 5.97 Å². The van der Waals surface area contributed by atoms with Gasteiger partial charge in [0, 0.05) is 13.1 Å². The van der Waals surface area contributed by atoms with Crippen LogP contribution in [0.5, 0.6) is 11.5 Å². The van der Waals surface area contributed by atoms with Crippen molar-refractivity contribution in [3.05, 3.63) is 29.8 Å². The smallest absolute Gasteiger partial charge is 0.331 e. The van der Waals surface area contributed by atoms with Crippen molar-refractivity contribution < 1.29 is 23.8 Å². The number of nitrogens with zero attached hydrogens (tertiary/aromatic N) is 2. The summed E-state index contributed by atoms with van der Waals surface area (Å²) < 4.78 is 15.5. The number of hydrogen-bond donors (Lipinski definition) is 0. The minimum atomic E-state index is -0.788. The monoisotopic (exact) mass is 370 g/mol. The van der Waals surface area contributed by atoms with Crippen LogP contribution in [0.1, 0.15) is 37.7 Å². The lowest BCUT2D eigenvalue weighted by Gasteiger charge is -2.38. The third-order valence-electron chi connectivity index (χ3n) is 5.05. The number of benzene rings is 1. The molecule has 142 valence electrons. The Morgan fingerprint density at radius 1 is 1.26 bits per heavy atom. The maximum absolute atomic E-state index is 12.4. The van der Waals surface area contributed by atoms with Gasteiger partial charge in [0.2, 0.25) is 6.79 Å². The molecule has 27 heavy (non-hydrogen) atoms. The highest BCUT2D eigenvalue weighted by molar-refractivity contribution is 5.89. The van der Waals surface area contributed by atoms with E-state index in [-0.39, 0.29) is 19.3 Å². The van der Waals surface area contributed by atoms with Crippen LogP contribution in [0.25, 0.3) is 6.08 Å². The fourth-order valence-corrected chi connectivity index (χ4v) is 3.36. The highest BCUT2D eigenvalue weighted by Gasteiger charge is 2.38. The normalized spacial score (nSPS) is 17.3. The van der Waals surface area contributed by atoms with Crippen molar-refractivity contribution in [3.63, 3.8) is 0 Å². The summed E-state index contributed by atoms with van der Waals surface area (Å²) in [7, 11) is 1.60.